The molecule has 0 radical (unpaired) electrons. The molecule has 0 unspecified atom stereocenters. The number of pyridine rings is 1. The molecule has 31 heavy (non-hydrogen) atoms. The Balaban J connectivity index is 1.38. The highest BCUT2D eigenvalue weighted by atomic mass is 32.2. The summed E-state index contributed by atoms with van der Waals surface area (Å²) in [5.74, 6) is 1.53. The van der Waals surface area contributed by atoms with Crippen molar-refractivity contribution in [1.82, 2.24) is 20.3 Å². The normalized spacial score (nSPS) is 18.5. The zero-order valence-corrected chi connectivity index (χ0v) is 18.9. The Morgan fingerprint density at radius 2 is 1.77 bits per heavy atom. The fourth-order valence-electron chi connectivity index (χ4n) is 4.02. The van der Waals surface area contributed by atoms with Crippen molar-refractivity contribution < 1.29 is 4.79 Å². The van der Waals surface area contributed by atoms with Crippen molar-refractivity contribution in [1.29, 1.82) is 0 Å². The van der Waals surface area contributed by atoms with Crippen LogP contribution in [0.4, 0.5) is 11.8 Å². The lowest BCUT2D eigenvalue weighted by Crippen LogP contribution is -2.40. The van der Waals surface area contributed by atoms with E-state index in [4.69, 9.17) is 9.97 Å². The number of rotatable bonds is 6. The van der Waals surface area contributed by atoms with Gasteiger partial charge in [0.25, 0.3) is 5.91 Å². The minimum absolute atomic E-state index is 0.0395. The highest BCUT2D eigenvalue weighted by Gasteiger charge is 2.24. The van der Waals surface area contributed by atoms with Crippen LogP contribution in [-0.4, -0.2) is 53.3 Å². The zero-order chi connectivity index (χ0) is 21.8. The zero-order valence-electron chi connectivity index (χ0n) is 18.1. The van der Waals surface area contributed by atoms with Crippen molar-refractivity contribution in [3.63, 3.8) is 0 Å². The molecule has 0 atom stereocenters. The third-order valence-corrected chi connectivity index (χ3v) is 6.32. The Kier molecular flexibility index (Phi) is 6.56. The van der Waals surface area contributed by atoms with Gasteiger partial charge in [-0.15, -0.1) is 11.8 Å². The van der Waals surface area contributed by atoms with Crippen molar-refractivity contribution in [3.8, 4) is 0 Å². The second kappa shape index (κ2) is 9.51. The number of thioether (sulfide) groups is 1. The number of nitrogens with zero attached hydrogens (tertiary/aromatic N) is 4. The topological polar surface area (TPSA) is 83.0 Å². The molecule has 1 aliphatic rings. The van der Waals surface area contributed by atoms with Gasteiger partial charge in [0.15, 0.2) is 0 Å². The summed E-state index contributed by atoms with van der Waals surface area (Å²) >= 11 is 1.49. The lowest BCUT2D eigenvalue weighted by atomic mass is 9.91. The molecule has 1 aliphatic carbocycles. The molecule has 0 spiro atoms. The maximum Gasteiger partial charge on any atom is 0.254 e. The molecule has 2 N–H and O–H groups in total. The van der Waals surface area contributed by atoms with Crippen LogP contribution in [0, 0.1) is 0 Å². The molecular weight excluding hydrogens is 408 g/mol. The first-order chi connectivity index (χ1) is 15.0. The summed E-state index contributed by atoms with van der Waals surface area (Å²) < 4.78 is 0. The molecular formula is C23H28N6OS. The number of hydrogen-bond donors (Lipinski definition) is 2. The minimum atomic E-state index is -0.0395. The minimum Gasteiger partial charge on any atom is -0.362 e. The number of anilines is 2. The van der Waals surface area contributed by atoms with Gasteiger partial charge in [0.1, 0.15) is 10.8 Å². The van der Waals surface area contributed by atoms with Gasteiger partial charge in [-0.1, -0.05) is 12.1 Å². The predicted molar refractivity (Wildman–Crippen MR) is 127 cm³/mol. The molecule has 2 heterocycles. The summed E-state index contributed by atoms with van der Waals surface area (Å²) in [4.78, 5) is 28.4. The third-order valence-electron chi connectivity index (χ3n) is 5.61. The molecule has 0 saturated heterocycles. The van der Waals surface area contributed by atoms with Gasteiger partial charge in [-0.25, -0.2) is 9.97 Å². The second-order valence-electron chi connectivity index (χ2n) is 8.01. The smallest absolute Gasteiger partial charge is 0.254 e. The van der Waals surface area contributed by atoms with E-state index in [-0.39, 0.29) is 11.9 Å². The van der Waals surface area contributed by atoms with Crippen LogP contribution in [0.2, 0.25) is 0 Å². The first-order valence-electron chi connectivity index (χ1n) is 10.6. The third kappa shape index (κ3) is 4.90. The van der Waals surface area contributed by atoms with E-state index < -0.39 is 0 Å². The molecule has 1 fully saturated rings. The van der Waals surface area contributed by atoms with Gasteiger partial charge in [0.05, 0.1) is 11.1 Å². The summed E-state index contributed by atoms with van der Waals surface area (Å²) in [6.07, 6.45) is 7.42. The van der Waals surface area contributed by atoms with Crippen molar-refractivity contribution in [2.45, 2.75) is 42.8 Å². The van der Waals surface area contributed by atoms with Gasteiger partial charge in [0, 0.05) is 37.8 Å². The largest absolute Gasteiger partial charge is 0.362 e. The van der Waals surface area contributed by atoms with Gasteiger partial charge >= 0.3 is 0 Å². The van der Waals surface area contributed by atoms with Crippen molar-refractivity contribution in [2.75, 3.05) is 30.6 Å². The molecule has 2 aromatic heterocycles. The number of fused-ring (bicyclic) bond motifs is 1. The molecule has 8 heteroatoms. The van der Waals surface area contributed by atoms with Crippen LogP contribution in [0.3, 0.4) is 0 Å². The van der Waals surface area contributed by atoms with E-state index in [0.29, 0.717) is 17.6 Å². The number of carbonyl (C=O) groups is 1. The van der Waals surface area contributed by atoms with Crippen LogP contribution in [0.15, 0.2) is 47.6 Å². The van der Waals surface area contributed by atoms with Crippen molar-refractivity contribution >= 4 is 40.3 Å². The van der Waals surface area contributed by atoms with Crippen LogP contribution in [0.1, 0.15) is 36.0 Å². The number of nitrogens with one attached hydrogen (secondary N) is 2. The number of amides is 1. The number of para-hydroxylation sites is 1. The number of aromatic nitrogens is 3. The molecule has 1 saturated carbocycles. The lowest BCUT2D eigenvalue weighted by Gasteiger charge is -2.30. The number of hydrogen-bond acceptors (Lipinski definition) is 7. The van der Waals surface area contributed by atoms with Crippen LogP contribution >= 0.6 is 11.8 Å². The second-order valence-corrected chi connectivity index (χ2v) is 8.80. The van der Waals surface area contributed by atoms with Crippen LogP contribution < -0.4 is 15.5 Å². The highest BCUT2D eigenvalue weighted by Crippen LogP contribution is 2.26. The molecule has 0 bridgehead atoms. The predicted octanol–water partition coefficient (Wildman–Crippen LogP) is 3.97. The highest BCUT2D eigenvalue weighted by molar-refractivity contribution is 7.98. The molecule has 1 amide bonds. The molecule has 4 rings (SSSR count). The van der Waals surface area contributed by atoms with Crippen LogP contribution in [0.5, 0.6) is 0 Å². The SMILES string of the molecule is CSc1ncccc1C(=O)NC1CCC(Nc2nc(N(C)C)c3ccccc3n2)CC1. The first-order valence-corrected chi connectivity index (χ1v) is 11.8. The maximum absolute atomic E-state index is 12.7. The summed E-state index contributed by atoms with van der Waals surface area (Å²) in [6, 6.07) is 12.2. The number of benzene rings is 1. The Hall–Kier alpha value is -2.87. The summed E-state index contributed by atoms with van der Waals surface area (Å²) in [5, 5.41) is 8.51. The van der Waals surface area contributed by atoms with E-state index in [1.165, 1.54) is 11.8 Å². The Morgan fingerprint density at radius 3 is 2.52 bits per heavy atom. The maximum atomic E-state index is 12.7. The standard InChI is InChI=1S/C23H28N6OS/c1-29(2)20-17-7-4-5-9-19(17)27-23(28-20)26-16-12-10-15(11-13-16)25-21(30)18-8-6-14-24-22(18)31-3/h4-9,14-16H,10-13H2,1-3H3,(H,25,30)(H,26,27,28). The Bertz CT molecular complexity index is 1060. The van der Waals surface area contributed by atoms with Gasteiger partial charge in [0.2, 0.25) is 5.95 Å². The quantitative estimate of drug-likeness (QED) is 0.566. The van der Waals surface area contributed by atoms with E-state index in [1.54, 1.807) is 12.3 Å². The molecule has 162 valence electrons. The van der Waals surface area contributed by atoms with Gasteiger partial charge in [-0.2, -0.15) is 4.98 Å². The number of carbonyl (C=O) groups excluding carboxylic acids is 1. The molecule has 7 nitrogen and oxygen atoms in total. The fraction of sp³-hybridized carbons (Fsp3) is 0.391. The van der Waals surface area contributed by atoms with Crippen molar-refractivity contribution in [3.05, 3.63) is 48.2 Å². The van der Waals surface area contributed by atoms with E-state index in [2.05, 4.69) is 15.6 Å². The van der Waals surface area contributed by atoms with E-state index in [0.717, 1.165) is 47.4 Å². The summed E-state index contributed by atoms with van der Waals surface area (Å²) in [6.45, 7) is 0. The monoisotopic (exact) mass is 436 g/mol. The van der Waals surface area contributed by atoms with Gasteiger partial charge in [-0.05, 0) is 56.2 Å². The summed E-state index contributed by atoms with van der Waals surface area (Å²) in [5.41, 5.74) is 1.58. The molecule has 0 aliphatic heterocycles. The molecule has 3 aromatic rings. The van der Waals surface area contributed by atoms with E-state index >= 15 is 0 Å². The lowest BCUT2D eigenvalue weighted by molar-refractivity contribution is 0.0923. The van der Waals surface area contributed by atoms with E-state index in [9.17, 15) is 4.79 Å². The Morgan fingerprint density at radius 1 is 1.03 bits per heavy atom. The molecule has 1 aromatic carbocycles. The van der Waals surface area contributed by atoms with E-state index in [1.807, 2.05) is 55.6 Å². The average molecular weight is 437 g/mol. The van der Waals surface area contributed by atoms with Crippen LogP contribution in [-0.2, 0) is 0 Å². The first kappa shape index (κ1) is 21.4. The fourth-order valence-corrected chi connectivity index (χ4v) is 4.57. The average Bonchev–Trinajstić information content (AvgIpc) is 2.79. The van der Waals surface area contributed by atoms with Gasteiger partial charge < -0.3 is 15.5 Å². The summed E-state index contributed by atoms with van der Waals surface area (Å²) in [7, 11) is 3.99. The van der Waals surface area contributed by atoms with Crippen molar-refractivity contribution in [2.24, 2.45) is 0 Å². The Labute approximate surface area is 187 Å². The van der Waals surface area contributed by atoms with Crippen LogP contribution in [0.25, 0.3) is 10.9 Å². The van der Waals surface area contributed by atoms with Gasteiger partial charge in [-0.3, -0.25) is 4.79 Å².